The number of aromatic nitrogens is 1. The van der Waals surface area contributed by atoms with Gasteiger partial charge < -0.3 is 10.2 Å². The molecule has 1 amide bonds. The second-order valence-corrected chi connectivity index (χ2v) is 6.99. The third-order valence-electron chi connectivity index (χ3n) is 2.91. The summed E-state index contributed by atoms with van der Waals surface area (Å²) in [5, 5.41) is 4.45. The normalized spacial score (nSPS) is 17.8. The lowest BCUT2D eigenvalue weighted by atomic mass is 10.2. The van der Waals surface area contributed by atoms with E-state index in [1.54, 1.807) is 16.2 Å². The number of carbonyl (C=O) groups excluding carboxylic acids is 1. The molecule has 1 aromatic rings. The molecule has 2 rings (SSSR count). The molecule has 0 saturated carbocycles. The van der Waals surface area contributed by atoms with Crippen LogP contribution in [-0.2, 0) is 11.3 Å². The highest BCUT2D eigenvalue weighted by molar-refractivity contribution is 7.99. The summed E-state index contributed by atoms with van der Waals surface area (Å²) in [5.74, 6) is 2.40. The molecule has 8 heteroatoms. The number of nitrogens with one attached hydrogen (secondary N) is 1. The van der Waals surface area contributed by atoms with E-state index in [2.05, 4.69) is 10.3 Å². The Balaban J connectivity index is 0.00000180. The number of hydrogen-bond donors (Lipinski definition) is 1. The average Bonchev–Trinajstić information content (AvgIpc) is 2.76. The van der Waals surface area contributed by atoms with Crippen molar-refractivity contribution < 1.29 is 4.79 Å². The summed E-state index contributed by atoms with van der Waals surface area (Å²) >= 11 is 3.58. The molecule has 0 aliphatic carbocycles. The molecule has 116 valence electrons. The lowest BCUT2D eigenvalue weighted by Crippen LogP contribution is -2.41. The van der Waals surface area contributed by atoms with E-state index in [1.165, 1.54) is 0 Å². The van der Waals surface area contributed by atoms with Crippen molar-refractivity contribution in [2.45, 2.75) is 25.9 Å². The fraction of sp³-hybridized carbons (Fsp3) is 0.667. The third kappa shape index (κ3) is 6.18. The molecule has 0 bridgehead atoms. The van der Waals surface area contributed by atoms with E-state index in [-0.39, 0.29) is 30.7 Å². The van der Waals surface area contributed by atoms with Gasteiger partial charge in [0.2, 0.25) is 5.91 Å². The summed E-state index contributed by atoms with van der Waals surface area (Å²) in [6.45, 7) is 3.67. The molecule has 0 radical (unpaired) electrons. The molecule has 4 nitrogen and oxygen atoms in total. The monoisotopic (exact) mass is 357 g/mol. The van der Waals surface area contributed by atoms with Crippen molar-refractivity contribution >= 4 is 53.8 Å². The number of nitrogens with zero attached hydrogens (tertiary/aromatic N) is 2. The number of thiazole rings is 1. The molecule has 2 heterocycles. The van der Waals surface area contributed by atoms with Crippen LogP contribution in [0.1, 0.15) is 16.3 Å². The Hall–Kier alpha value is -0.0100. The molecule has 0 aromatic carbocycles. The molecule has 1 unspecified atom stereocenters. The summed E-state index contributed by atoms with van der Waals surface area (Å²) in [5.41, 5.74) is 0. The average molecular weight is 358 g/mol. The van der Waals surface area contributed by atoms with Crippen LogP contribution in [0.15, 0.2) is 6.20 Å². The number of aryl methyl sites for hydroxylation is 1. The van der Waals surface area contributed by atoms with E-state index < -0.39 is 0 Å². The summed E-state index contributed by atoms with van der Waals surface area (Å²) < 4.78 is 0. The van der Waals surface area contributed by atoms with Crippen LogP contribution in [0.4, 0.5) is 0 Å². The van der Waals surface area contributed by atoms with Gasteiger partial charge in [-0.15, -0.1) is 36.2 Å². The van der Waals surface area contributed by atoms with Crippen LogP contribution in [-0.4, -0.2) is 46.9 Å². The van der Waals surface area contributed by atoms with Crippen LogP contribution in [0.3, 0.4) is 0 Å². The summed E-state index contributed by atoms with van der Waals surface area (Å²) in [7, 11) is 1.87. The largest absolute Gasteiger partial charge is 0.341 e. The minimum absolute atomic E-state index is 0. The SMILES string of the molecule is Cc1ncc(CN(C)C(=O)CC2CSCCN2)s1.Cl.Cl. The van der Waals surface area contributed by atoms with Crippen molar-refractivity contribution in [3.63, 3.8) is 0 Å². The predicted octanol–water partition coefficient (Wildman–Crippen LogP) is 2.35. The number of carbonyl (C=O) groups is 1. The second-order valence-electron chi connectivity index (χ2n) is 4.53. The van der Waals surface area contributed by atoms with Crippen LogP contribution < -0.4 is 5.32 Å². The number of halogens is 2. The van der Waals surface area contributed by atoms with Gasteiger partial charge in [0.15, 0.2) is 0 Å². The highest BCUT2D eigenvalue weighted by atomic mass is 35.5. The van der Waals surface area contributed by atoms with E-state index in [9.17, 15) is 4.79 Å². The zero-order valence-corrected chi connectivity index (χ0v) is 14.9. The van der Waals surface area contributed by atoms with Gasteiger partial charge in [-0.1, -0.05) is 0 Å². The molecule has 1 aliphatic heterocycles. The Morgan fingerprint density at radius 2 is 2.30 bits per heavy atom. The Kier molecular flexibility index (Phi) is 9.84. The second kappa shape index (κ2) is 9.84. The van der Waals surface area contributed by atoms with Gasteiger partial charge in [0, 0.05) is 48.6 Å². The van der Waals surface area contributed by atoms with Crippen molar-refractivity contribution in [3.05, 3.63) is 16.1 Å². The van der Waals surface area contributed by atoms with Crippen molar-refractivity contribution in [2.75, 3.05) is 25.1 Å². The van der Waals surface area contributed by atoms with Gasteiger partial charge in [0.1, 0.15) is 0 Å². The van der Waals surface area contributed by atoms with Gasteiger partial charge >= 0.3 is 0 Å². The fourth-order valence-electron chi connectivity index (χ4n) is 1.92. The standard InChI is InChI=1S/C12H19N3OS2.2ClH/c1-9-14-6-11(18-9)7-15(2)12(16)5-10-8-17-4-3-13-10;;/h6,10,13H,3-5,7-8H2,1-2H3;2*1H. The number of amides is 1. The Bertz CT molecular complexity index is 411. The molecule has 1 aromatic heterocycles. The first-order chi connectivity index (χ1) is 8.65. The van der Waals surface area contributed by atoms with Crippen molar-refractivity contribution in [2.24, 2.45) is 0 Å². The quantitative estimate of drug-likeness (QED) is 0.898. The first-order valence-electron chi connectivity index (χ1n) is 6.11. The van der Waals surface area contributed by atoms with Crippen LogP contribution in [0.2, 0.25) is 0 Å². The molecule has 20 heavy (non-hydrogen) atoms. The van der Waals surface area contributed by atoms with Crippen LogP contribution in [0, 0.1) is 6.92 Å². The molecule has 1 atom stereocenters. The van der Waals surface area contributed by atoms with Crippen molar-refractivity contribution in [1.29, 1.82) is 0 Å². The summed E-state index contributed by atoms with van der Waals surface area (Å²) in [6.07, 6.45) is 2.46. The minimum atomic E-state index is 0. The maximum Gasteiger partial charge on any atom is 0.224 e. The Morgan fingerprint density at radius 1 is 1.55 bits per heavy atom. The van der Waals surface area contributed by atoms with Crippen molar-refractivity contribution in [1.82, 2.24) is 15.2 Å². The highest BCUT2D eigenvalue weighted by Gasteiger charge is 2.19. The third-order valence-corrected chi connectivity index (χ3v) is 4.94. The van der Waals surface area contributed by atoms with Crippen LogP contribution in [0.5, 0.6) is 0 Å². The van der Waals surface area contributed by atoms with Crippen LogP contribution in [0.25, 0.3) is 0 Å². The maximum atomic E-state index is 12.1. The first kappa shape index (κ1) is 20.0. The van der Waals surface area contributed by atoms with Crippen LogP contribution >= 0.6 is 47.9 Å². The molecule has 0 spiro atoms. The highest BCUT2D eigenvalue weighted by Crippen LogP contribution is 2.15. The van der Waals surface area contributed by atoms with Gasteiger partial charge in [-0.2, -0.15) is 11.8 Å². The minimum Gasteiger partial charge on any atom is -0.341 e. The smallest absolute Gasteiger partial charge is 0.224 e. The molecule has 1 saturated heterocycles. The van der Waals surface area contributed by atoms with E-state index in [0.717, 1.165) is 27.9 Å². The molecule has 1 fully saturated rings. The zero-order chi connectivity index (χ0) is 13.0. The van der Waals surface area contributed by atoms with Crippen molar-refractivity contribution in [3.8, 4) is 0 Å². The topological polar surface area (TPSA) is 45.2 Å². The van der Waals surface area contributed by atoms with E-state index in [0.29, 0.717) is 19.0 Å². The Labute approximate surface area is 140 Å². The molecular weight excluding hydrogens is 337 g/mol. The van der Waals surface area contributed by atoms with Gasteiger partial charge in [-0.25, -0.2) is 4.98 Å². The number of thioether (sulfide) groups is 1. The zero-order valence-electron chi connectivity index (χ0n) is 11.6. The van der Waals surface area contributed by atoms with Gasteiger partial charge in [0.05, 0.1) is 11.6 Å². The fourth-order valence-corrected chi connectivity index (χ4v) is 3.72. The summed E-state index contributed by atoms with van der Waals surface area (Å²) in [4.78, 5) is 19.2. The van der Waals surface area contributed by atoms with Gasteiger partial charge in [0.25, 0.3) is 0 Å². The molecule has 1 N–H and O–H groups in total. The predicted molar refractivity (Wildman–Crippen MR) is 91.6 cm³/mol. The van der Waals surface area contributed by atoms with E-state index >= 15 is 0 Å². The number of hydrogen-bond acceptors (Lipinski definition) is 5. The van der Waals surface area contributed by atoms with Gasteiger partial charge in [-0.3, -0.25) is 4.79 Å². The molecular formula is C12H21Cl2N3OS2. The van der Waals surface area contributed by atoms with Gasteiger partial charge in [-0.05, 0) is 6.92 Å². The van der Waals surface area contributed by atoms with E-state index in [1.807, 2.05) is 31.9 Å². The Morgan fingerprint density at radius 3 is 2.85 bits per heavy atom. The number of rotatable bonds is 4. The lowest BCUT2D eigenvalue weighted by molar-refractivity contribution is -0.130. The first-order valence-corrected chi connectivity index (χ1v) is 8.08. The summed E-state index contributed by atoms with van der Waals surface area (Å²) in [6, 6.07) is 0.335. The molecule has 1 aliphatic rings. The maximum absolute atomic E-state index is 12.1. The lowest BCUT2D eigenvalue weighted by Gasteiger charge is -2.25. The van der Waals surface area contributed by atoms with E-state index in [4.69, 9.17) is 0 Å².